The highest BCUT2D eigenvalue weighted by Crippen LogP contribution is 2.36. The molecule has 1 saturated heterocycles. The molecule has 0 spiro atoms. The van der Waals surface area contributed by atoms with Crippen LogP contribution in [0.15, 0.2) is 54.6 Å². The third-order valence-corrected chi connectivity index (χ3v) is 5.84. The second-order valence-electron chi connectivity index (χ2n) is 7.75. The predicted octanol–water partition coefficient (Wildman–Crippen LogP) is 2.71. The minimum Gasteiger partial charge on any atom is -0.336 e. The summed E-state index contributed by atoms with van der Waals surface area (Å²) >= 11 is 0. The van der Waals surface area contributed by atoms with Gasteiger partial charge in [0.2, 0.25) is 5.91 Å². The van der Waals surface area contributed by atoms with E-state index < -0.39 is 5.92 Å². The van der Waals surface area contributed by atoms with E-state index in [4.69, 9.17) is 4.98 Å². The predicted molar refractivity (Wildman–Crippen MR) is 112 cm³/mol. The molecule has 0 aliphatic carbocycles. The van der Waals surface area contributed by atoms with Gasteiger partial charge in [0, 0.05) is 42.8 Å². The number of amides is 2. The molecule has 0 bridgehead atoms. The van der Waals surface area contributed by atoms with Crippen molar-refractivity contribution in [1.82, 2.24) is 14.8 Å². The van der Waals surface area contributed by atoms with E-state index in [0.29, 0.717) is 5.56 Å². The number of nitrogens with one attached hydrogen (secondary N) is 1. The molecular weight excluding hydrogens is 364 g/mol. The van der Waals surface area contributed by atoms with Gasteiger partial charge < -0.3 is 15.1 Å². The summed E-state index contributed by atoms with van der Waals surface area (Å²) in [4.78, 5) is 34.2. The fraction of sp³-hybridized carbons (Fsp3) is 0.261. The highest BCUT2D eigenvalue weighted by molar-refractivity contribution is 6.05. The topological polar surface area (TPSA) is 65.5 Å². The standard InChI is InChI=1S/C23H22N4O2/c1-26-10-12-27(13-11-26)23(29)16-7-8-18-15(14-16)6-9-20(24-18)21-17-4-2-3-5-19(17)25-22(21)28/h2-9,14,21H,10-13H2,1H3,(H,25,28). The maximum atomic E-state index is 12.8. The number of para-hydroxylation sites is 1. The van der Waals surface area contributed by atoms with E-state index in [1.54, 1.807) is 0 Å². The first-order chi connectivity index (χ1) is 14.1. The van der Waals surface area contributed by atoms with Crippen LogP contribution in [0.5, 0.6) is 0 Å². The van der Waals surface area contributed by atoms with E-state index in [9.17, 15) is 9.59 Å². The number of pyridine rings is 1. The number of hydrogen-bond donors (Lipinski definition) is 1. The van der Waals surface area contributed by atoms with Crippen molar-refractivity contribution in [1.29, 1.82) is 0 Å². The molecule has 2 aliphatic heterocycles. The van der Waals surface area contributed by atoms with Crippen LogP contribution >= 0.6 is 0 Å². The number of piperazine rings is 1. The first kappa shape index (κ1) is 17.8. The molecule has 146 valence electrons. The second-order valence-corrected chi connectivity index (χ2v) is 7.75. The van der Waals surface area contributed by atoms with Crippen molar-refractivity contribution in [2.45, 2.75) is 5.92 Å². The largest absolute Gasteiger partial charge is 0.336 e. The lowest BCUT2D eigenvalue weighted by Gasteiger charge is -2.32. The maximum Gasteiger partial charge on any atom is 0.253 e. The van der Waals surface area contributed by atoms with E-state index in [0.717, 1.165) is 54.0 Å². The summed E-state index contributed by atoms with van der Waals surface area (Å²) in [5.41, 5.74) is 3.98. The van der Waals surface area contributed by atoms with Gasteiger partial charge in [-0.25, -0.2) is 0 Å². The van der Waals surface area contributed by atoms with Gasteiger partial charge in [-0.05, 0) is 42.9 Å². The first-order valence-corrected chi connectivity index (χ1v) is 9.88. The van der Waals surface area contributed by atoms with Crippen LogP contribution in [0, 0.1) is 0 Å². The van der Waals surface area contributed by atoms with E-state index in [1.165, 1.54) is 0 Å². The van der Waals surface area contributed by atoms with E-state index in [1.807, 2.05) is 59.5 Å². The van der Waals surface area contributed by atoms with Gasteiger partial charge >= 0.3 is 0 Å². The Bertz CT molecular complexity index is 1120. The third-order valence-electron chi connectivity index (χ3n) is 5.84. The molecule has 1 unspecified atom stereocenters. The Hall–Kier alpha value is -3.25. The third kappa shape index (κ3) is 3.15. The van der Waals surface area contributed by atoms with Crippen LogP contribution in [0.25, 0.3) is 10.9 Å². The van der Waals surface area contributed by atoms with Crippen LogP contribution < -0.4 is 5.32 Å². The van der Waals surface area contributed by atoms with Crippen molar-refractivity contribution < 1.29 is 9.59 Å². The molecule has 6 heteroatoms. The zero-order valence-corrected chi connectivity index (χ0v) is 16.3. The van der Waals surface area contributed by atoms with E-state index >= 15 is 0 Å². The molecule has 1 N–H and O–H groups in total. The van der Waals surface area contributed by atoms with Crippen LogP contribution in [-0.4, -0.2) is 59.8 Å². The lowest BCUT2D eigenvalue weighted by atomic mass is 9.96. The van der Waals surface area contributed by atoms with E-state index in [-0.39, 0.29) is 11.8 Å². The summed E-state index contributed by atoms with van der Waals surface area (Å²) in [7, 11) is 2.07. The van der Waals surface area contributed by atoms with Gasteiger partial charge in [-0.15, -0.1) is 0 Å². The number of carbonyl (C=O) groups excluding carboxylic acids is 2. The maximum absolute atomic E-state index is 12.8. The Balaban J connectivity index is 1.45. The monoisotopic (exact) mass is 386 g/mol. The van der Waals surface area contributed by atoms with Gasteiger partial charge in [0.15, 0.2) is 0 Å². The van der Waals surface area contributed by atoms with Gasteiger partial charge in [0.25, 0.3) is 5.91 Å². The molecular formula is C23H22N4O2. The number of hydrogen-bond acceptors (Lipinski definition) is 4. The van der Waals surface area contributed by atoms with Gasteiger partial charge in [0.1, 0.15) is 5.92 Å². The van der Waals surface area contributed by atoms with Crippen molar-refractivity contribution in [2.75, 3.05) is 38.5 Å². The highest BCUT2D eigenvalue weighted by Gasteiger charge is 2.32. The molecule has 2 aliphatic rings. The number of likely N-dealkylation sites (N-methyl/N-ethyl adjacent to an activating group) is 1. The van der Waals surface area contributed by atoms with Crippen molar-refractivity contribution >= 4 is 28.4 Å². The molecule has 2 aromatic carbocycles. The number of rotatable bonds is 2. The second kappa shape index (κ2) is 6.97. The average molecular weight is 386 g/mol. The van der Waals surface area contributed by atoms with Crippen LogP contribution in [0.2, 0.25) is 0 Å². The van der Waals surface area contributed by atoms with Crippen molar-refractivity contribution in [3.05, 3.63) is 71.4 Å². The van der Waals surface area contributed by atoms with Crippen LogP contribution in [0.1, 0.15) is 27.5 Å². The van der Waals surface area contributed by atoms with Crippen LogP contribution in [-0.2, 0) is 4.79 Å². The van der Waals surface area contributed by atoms with E-state index in [2.05, 4.69) is 17.3 Å². The van der Waals surface area contributed by atoms with Gasteiger partial charge in [-0.1, -0.05) is 24.3 Å². The molecule has 29 heavy (non-hydrogen) atoms. The fourth-order valence-corrected chi connectivity index (χ4v) is 4.13. The molecule has 3 aromatic rings. The fourth-order valence-electron chi connectivity index (χ4n) is 4.13. The molecule has 5 rings (SSSR count). The van der Waals surface area contributed by atoms with Crippen LogP contribution in [0.3, 0.4) is 0 Å². The first-order valence-electron chi connectivity index (χ1n) is 9.88. The minimum atomic E-state index is -0.401. The Kier molecular flexibility index (Phi) is 4.28. The molecule has 1 atom stereocenters. The number of nitrogens with zero attached hydrogens (tertiary/aromatic N) is 3. The van der Waals surface area contributed by atoms with Gasteiger partial charge in [0.05, 0.1) is 11.2 Å². The Morgan fingerprint density at radius 1 is 1.03 bits per heavy atom. The van der Waals surface area contributed by atoms with Crippen LogP contribution in [0.4, 0.5) is 5.69 Å². The summed E-state index contributed by atoms with van der Waals surface area (Å²) < 4.78 is 0. The molecule has 3 heterocycles. The Morgan fingerprint density at radius 2 is 1.83 bits per heavy atom. The number of anilines is 1. The lowest BCUT2D eigenvalue weighted by molar-refractivity contribution is -0.116. The molecule has 1 fully saturated rings. The number of benzene rings is 2. The zero-order chi connectivity index (χ0) is 20.0. The summed E-state index contributed by atoms with van der Waals surface area (Å²) in [6, 6.07) is 17.2. The zero-order valence-electron chi connectivity index (χ0n) is 16.3. The highest BCUT2D eigenvalue weighted by atomic mass is 16.2. The Labute approximate surface area is 169 Å². The number of aromatic nitrogens is 1. The summed E-state index contributed by atoms with van der Waals surface area (Å²) in [6.45, 7) is 3.30. The van der Waals surface area contributed by atoms with Crippen molar-refractivity contribution in [3.8, 4) is 0 Å². The quantitative estimate of drug-likeness (QED) is 0.736. The smallest absolute Gasteiger partial charge is 0.253 e. The molecule has 1 aromatic heterocycles. The molecule has 6 nitrogen and oxygen atoms in total. The number of carbonyl (C=O) groups is 2. The molecule has 0 radical (unpaired) electrons. The van der Waals surface area contributed by atoms with Gasteiger partial charge in [-0.3, -0.25) is 14.6 Å². The van der Waals surface area contributed by atoms with Crippen molar-refractivity contribution in [3.63, 3.8) is 0 Å². The minimum absolute atomic E-state index is 0.0556. The van der Waals surface area contributed by atoms with Gasteiger partial charge in [-0.2, -0.15) is 0 Å². The number of fused-ring (bicyclic) bond motifs is 2. The SMILES string of the molecule is CN1CCN(C(=O)c2ccc3nc(C4C(=O)Nc5ccccc54)ccc3c2)CC1. The summed E-state index contributed by atoms with van der Waals surface area (Å²) in [5.74, 6) is -0.393. The normalized spacial score (nSPS) is 19.3. The summed E-state index contributed by atoms with van der Waals surface area (Å²) in [6.07, 6.45) is 0. The molecule has 0 saturated carbocycles. The average Bonchev–Trinajstić information content (AvgIpc) is 3.08. The molecule has 2 amide bonds. The lowest BCUT2D eigenvalue weighted by Crippen LogP contribution is -2.47. The van der Waals surface area contributed by atoms with Crippen molar-refractivity contribution in [2.24, 2.45) is 0 Å². The summed E-state index contributed by atoms with van der Waals surface area (Å²) in [5, 5.41) is 3.83. The Morgan fingerprint density at radius 3 is 2.66 bits per heavy atom.